The van der Waals surface area contributed by atoms with Crippen molar-refractivity contribution in [2.45, 2.75) is 19.6 Å². The number of aryl methyl sites for hydroxylation is 1. The van der Waals surface area contributed by atoms with Crippen molar-refractivity contribution in [3.05, 3.63) is 35.1 Å². The summed E-state index contributed by atoms with van der Waals surface area (Å²) in [6.07, 6.45) is -4.29. The molecule has 0 spiro atoms. The van der Waals surface area contributed by atoms with E-state index in [1.807, 2.05) is 6.92 Å². The zero-order chi connectivity index (χ0) is 13.6. The molecule has 18 heavy (non-hydrogen) atoms. The number of ether oxygens (including phenoxy) is 1. The van der Waals surface area contributed by atoms with Gasteiger partial charge in [0.05, 0.1) is 6.61 Å². The first-order valence-corrected chi connectivity index (χ1v) is 5.49. The summed E-state index contributed by atoms with van der Waals surface area (Å²) in [6.45, 7) is 1.25. The maximum Gasteiger partial charge on any atom is 0.411 e. The summed E-state index contributed by atoms with van der Waals surface area (Å²) >= 11 is 0. The second kappa shape index (κ2) is 6.70. The second-order valence-electron chi connectivity index (χ2n) is 3.92. The smallest absolute Gasteiger partial charge is 0.371 e. The highest BCUT2D eigenvalue weighted by Gasteiger charge is 2.27. The maximum absolute atomic E-state index is 12.9. The van der Waals surface area contributed by atoms with Crippen LogP contribution in [0.5, 0.6) is 0 Å². The Labute approximate surface area is 103 Å². The van der Waals surface area contributed by atoms with Crippen LogP contribution in [-0.2, 0) is 11.3 Å². The number of rotatable bonds is 6. The van der Waals surface area contributed by atoms with Crippen LogP contribution in [0.2, 0.25) is 0 Å². The minimum absolute atomic E-state index is 0.0339. The first kappa shape index (κ1) is 14.9. The van der Waals surface area contributed by atoms with Gasteiger partial charge in [-0.25, -0.2) is 4.39 Å². The SMILES string of the molecule is Cc1ccc(F)cc1CNCCOCC(F)(F)F. The molecule has 2 nitrogen and oxygen atoms in total. The molecule has 6 heteroatoms. The van der Waals surface area contributed by atoms with Crippen LogP contribution in [0, 0.1) is 12.7 Å². The van der Waals surface area contributed by atoms with Gasteiger partial charge in [0.15, 0.2) is 0 Å². The van der Waals surface area contributed by atoms with Gasteiger partial charge in [0.25, 0.3) is 0 Å². The normalized spacial score (nSPS) is 11.8. The van der Waals surface area contributed by atoms with Crippen molar-refractivity contribution in [3.8, 4) is 0 Å². The van der Waals surface area contributed by atoms with E-state index in [9.17, 15) is 17.6 Å². The zero-order valence-electron chi connectivity index (χ0n) is 9.98. The molecule has 0 aliphatic carbocycles. The predicted octanol–water partition coefficient (Wildman–Crippen LogP) is 2.80. The Morgan fingerprint density at radius 1 is 1.28 bits per heavy atom. The fourth-order valence-electron chi connectivity index (χ4n) is 1.39. The summed E-state index contributed by atoms with van der Waals surface area (Å²) in [5, 5.41) is 2.90. The van der Waals surface area contributed by atoms with Gasteiger partial charge in [-0.05, 0) is 30.2 Å². The van der Waals surface area contributed by atoms with Gasteiger partial charge in [0.2, 0.25) is 0 Å². The first-order valence-electron chi connectivity index (χ1n) is 5.49. The van der Waals surface area contributed by atoms with Crippen LogP contribution in [0.25, 0.3) is 0 Å². The number of halogens is 4. The highest BCUT2D eigenvalue weighted by molar-refractivity contribution is 5.26. The molecule has 0 aliphatic heterocycles. The fourth-order valence-corrected chi connectivity index (χ4v) is 1.39. The van der Waals surface area contributed by atoms with Gasteiger partial charge in [0.1, 0.15) is 12.4 Å². The van der Waals surface area contributed by atoms with Crippen molar-refractivity contribution in [3.63, 3.8) is 0 Å². The highest BCUT2D eigenvalue weighted by Crippen LogP contribution is 2.14. The molecule has 0 radical (unpaired) electrons. The van der Waals surface area contributed by atoms with E-state index in [0.717, 1.165) is 11.1 Å². The van der Waals surface area contributed by atoms with Crippen molar-refractivity contribution < 1.29 is 22.3 Å². The average Bonchev–Trinajstić information content (AvgIpc) is 2.26. The number of benzene rings is 1. The van der Waals surface area contributed by atoms with E-state index in [1.54, 1.807) is 6.07 Å². The van der Waals surface area contributed by atoms with Crippen LogP contribution in [-0.4, -0.2) is 25.9 Å². The molecule has 0 aliphatic rings. The zero-order valence-corrected chi connectivity index (χ0v) is 9.98. The van der Waals surface area contributed by atoms with Gasteiger partial charge in [-0.2, -0.15) is 13.2 Å². The quantitative estimate of drug-likeness (QED) is 0.631. The van der Waals surface area contributed by atoms with E-state index >= 15 is 0 Å². The van der Waals surface area contributed by atoms with Gasteiger partial charge < -0.3 is 10.1 Å². The summed E-state index contributed by atoms with van der Waals surface area (Å²) in [5.41, 5.74) is 1.71. The van der Waals surface area contributed by atoms with Gasteiger partial charge in [-0.3, -0.25) is 0 Å². The van der Waals surface area contributed by atoms with Gasteiger partial charge in [0, 0.05) is 13.1 Å². The average molecular weight is 265 g/mol. The molecule has 0 amide bonds. The van der Waals surface area contributed by atoms with Crippen molar-refractivity contribution >= 4 is 0 Å². The Balaban J connectivity index is 2.20. The maximum atomic E-state index is 12.9. The number of hydrogen-bond donors (Lipinski definition) is 1. The monoisotopic (exact) mass is 265 g/mol. The molecule has 1 rings (SSSR count). The number of alkyl halides is 3. The molecular formula is C12H15F4NO. The number of hydrogen-bond acceptors (Lipinski definition) is 2. The van der Waals surface area contributed by atoms with Gasteiger partial charge in [-0.1, -0.05) is 6.07 Å². The molecule has 0 saturated carbocycles. The van der Waals surface area contributed by atoms with Crippen LogP contribution in [0.1, 0.15) is 11.1 Å². The van der Waals surface area contributed by atoms with Crippen molar-refractivity contribution in [2.24, 2.45) is 0 Å². The molecule has 0 atom stereocenters. The molecular weight excluding hydrogens is 250 g/mol. The van der Waals surface area contributed by atoms with E-state index in [2.05, 4.69) is 10.1 Å². The lowest BCUT2D eigenvalue weighted by atomic mass is 10.1. The molecule has 1 aromatic rings. The van der Waals surface area contributed by atoms with Crippen LogP contribution in [0.3, 0.4) is 0 Å². The fraction of sp³-hybridized carbons (Fsp3) is 0.500. The van der Waals surface area contributed by atoms with Crippen LogP contribution in [0.15, 0.2) is 18.2 Å². The van der Waals surface area contributed by atoms with E-state index in [0.29, 0.717) is 6.54 Å². The largest absolute Gasteiger partial charge is 0.411 e. The third kappa shape index (κ3) is 5.97. The molecule has 0 heterocycles. The molecule has 1 N–H and O–H groups in total. The summed E-state index contributed by atoms with van der Waals surface area (Å²) < 4.78 is 52.6. The standard InChI is InChI=1S/C12H15F4NO/c1-9-2-3-11(13)6-10(9)7-17-4-5-18-8-12(14,15)16/h2-3,6,17H,4-5,7-8H2,1H3. The number of nitrogens with one attached hydrogen (secondary N) is 1. The van der Waals surface area contributed by atoms with Gasteiger partial charge in [-0.15, -0.1) is 0 Å². The Kier molecular flexibility index (Phi) is 5.55. The van der Waals surface area contributed by atoms with Crippen LogP contribution >= 0.6 is 0 Å². The minimum atomic E-state index is -4.29. The van der Waals surface area contributed by atoms with E-state index in [1.165, 1.54) is 12.1 Å². The van der Waals surface area contributed by atoms with Crippen molar-refractivity contribution in [1.82, 2.24) is 5.32 Å². The molecule has 102 valence electrons. The first-order chi connectivity index (χ1) is 8.38. The Hall–Kier alpha value is -1.14. The summed E-state index contributed by atoms with van der Waals surface area (Å²) in [5.74, 6) is -0.328. The molecule has 0 aromatic heterocycles. The van der Waals surface area contributed by atoms with Crippen LogP contribution < -0.4 is 5.32 Å². The Bertz CT molecular complexity index is 379. The molecule has 0 bridgehead atoms. The molecule has 1 aromatic carbocycles. The van der Waals surface area contributed by atoms with E-state index in [4.69, 9.17) is 0 Å². The second-order valence-corrected chi connectivity index (χ2v) is 3.92. The lowest BCUT2D eigenvalue weighted by Crippen LogP contribution is -2.23. The summed E-state index contributed by atoms with van der Waals surface area (Å²) in [4.78, 5) is 0. The van der Waals surface area contributed by atoms with Crippen molar-refractivity contribution in [1.29, 1.82) is 0 Å². The lowest BCUT2D eigenvalue weighted by molar-refractivity contribution is -0.173. The van der Waals surface area contributed by atoms with Crippen molar-refractivity contribution in [2.75, 3.05) is 19.8 Å². The minimum Gasteiger partial charge on any atom is -0.371 e. The lowest BCUT2D eigenvalue weighted by Gasteiger charge is -2.09. The highest BCUT2D eigenvalue weighted by atomic mass is 19.4. The molecule has 0 fully saturated rings. The Morgan fingerprint density at radius 2 is 2.00 bits per heavy atom. The third-order valence-corrected chi connectivity index (χ3v) is 2.32. The van der Waals surface area contributed by atoms with E-state index in [-0.39, 0.29) is 19.0 Å². The van der Waals surface area contributed by atoms with Gasteiger partial charge >= 0.3 is 6.18 Å². The predicted molar refractivity (Wildman–Crippen MR) is 59.7 cm³/mol. The van der Waals surface area contributed by atoms with Crippen LogP contribution in [0.4, 0.5) is 17.6 Å². The molecule has 0 saturated heterocycles. The third-order valence-electron chi connectivity index (χ3n) is 2.32. The summed E-state index contributed by atoms with van der Waals surface area (Å²) in [7, 11) is 0. The topological polar surface area (TPSA) is 21.3 Å². The molecule has 0 unspecified atom stereocenters. The van der Waals surface area contributed by atoms with E-state index < -0.39 is 12.8 Å². The Morgan fingerprint density at radius 3 is 2.67 bits per heavy atom. The summed E-state index contributed by atoms with van der Waals surface area (Å²) in [6, 6.07) is 4.43.